The molecule has 1 heterocycles. The fourth-order valence-electron chi connectivity index (χ4n) is 0.849. The third-order valence-electron chi connectivity index (χ3n) is 1.46. The summed E-state index contributed by atoms with van der Waals surface area (Å²) in [5.41, 5.74) is 2.65. The Balaban J connectivity index is 2.46. The van der Waals surface area contributed by atoms with E-state index in [0.29, 0.717) is 4.88 Å². The van der Waals surface area contributed by atoms with Crippen LogP contribution < -0.4 is 5.48 Å². The maximum absolute atomic E-state index is 10.6. The normalized spacial score (nSPS) is 11.1. The Labute approximate surface area is 92.1 Å². The maximum Gasteiger partial charge on any atom is 0.345 e. The summed E-state index contributed by atoms with van der Waals surface area (Å²) in [6, 6.07) is 3.33. The summed E-state index contributed by atoms with van der Waals surface area (Å²) in [6.07, 6.45) is 3.50. The van der Waals surface area contributed by atoms with E-state index in [0.717, 1.165) is 4.88 Å². The highest BCUT2D eigenvalue weighted by molar-refractivity contribution is 7.14. The summed E-state index contributed by atoms with van der Waals surface area (Å²) >= 11 is 1.22. The number of hydroxylamine groups is 1. The zero-order chi connectivity index (χ0) is 11.3. The molecule has 0 amide bonds. The van der Waals surface area contributed by atoms with E-state index in [1.54, 1.807) is 24.4 Å². The lowest BCUT2D eigenvalue weighted by molar-refractivity contribution is 0.0216. The summed E-state index contributed by atoms with van der Waals surface area (Å²) in [7, 11) is 0. The van der Waals surface area contributed by atoms with Crippen molar-refractivity contribution >= 4 is 23.4 Å². The molecule has 0 saturated carbocycles. The van der Waals surface area contributed by atoms with Crippen molar-refractivity contribution < 1.29 is 14.7 Å². The van der Waals surface area contributed by atoms with Gasteiger partial charge in [0.15, 0.2) is 0 Å². The van der Waals surface area contributed by atoms with E-state index < -0.39 is 5.97 Å². The Morgan fingerprint density at radius 2 is 2.33 bits per heavy atom. The number of rotatable bonds is 5. The number of nitrogens with one attached hydrogen (secondary N) is 1. The molecule has 0 aliphatic heterocycles. The van der Waals surface area contributed by atoms with Gasteiger partial charge in [-0.05, 0) is 32.1 Å². The largest absolute Gasteiger partial charge is 0.477 e. The zero-order valence-electron chi connectivity index (χ0n) is 8.56. The smallest absolute Gasteiger partial charge is 0.345 e. The quantitative estimate of drug-likeness (QED) is 0.758. The Morgan fingerprint density at radius 3 is 2.87 bits per heavy atom. The van der Waals surface area contributed by atoms with Crippen molar-refractivity contribution in [2.24, 2.45) is 0 Å². The van der Waals surface area contributed by atoms with E-state index in [2.05, 4.69) is 5.48 Å². The molecule has 1 rings (SSSR count). The van der Waals surface area contributed by atoms with Crippen LogP contribution in [0.25, 0.3) is 6.08 Å². The van der Waals surface area contributed by atoms with Gasteiger partial charge in [-0.15, -0.1) is 11.3 Å². The van der Waals surface area contributed by atoms with Gasteiger partial charge in [0, 0.05) is 11.1 Å². The van der Waals surface area contributed by atoms with Crippen LogP contribution in [-0.2, 0) is 4.84 Å². The van der Waals surface area contributed by atoms with Gasteiger partial charge in [-0.1, -0.05) is 0 Å². The lowest BCUT2D eigenvalue weighted by Crippen LogP contribution is -2.12. The first-order valence-electron chi connectivity index (χ1n) is 4.50. The Bertz CT molecular complexity index is 357. The number of carboxylic acids is 1. The number of carboxylic acid groups (broad SMARTS) is 1. The second kappa shape index (κ2) is 5.53. The van der Waals surface area contributed by atoms with E-state index in [1.807, 2.05) is 13.8 Å². The fraction of sp³-hybridized carbons (Fsp3) is 0.300. The van der Waals surface area contributed by atoms with Crippen LogP contribution in [0.1, 0.15) is 28.4 Å². The fourth-order valence-corrected chi connectivity index (χ4v) is 1.60. The summed E-state index contributed by atoms with van der Waals surface area (Å²) < 4.78 is 0. The molecule has 2 N–H and O–H groups in total. The van der Waals surface area contributed by atoms with Gasteiger partial charge in [0.25, 0.3) is 0 Å². The van der Waals surface area contributed by atoms with Gasteiger partial charge in [-0.25, -0.2) is 4.79 Å². The van der Waals surface area contributed by atoms with Gasteiger partial charge >= 0.3 is 5.97 Å². The van der Waals surface area contributed by atoms with Crippen molar-refractivity contribution in [3.8, 4) is 0 Å². The minimum atomic E-state index is -0.897. The summed E-state index contributed by atoms with van der Waals surface area (Å²) in [6.45, 7) is 3.82. The van der Waals surface area contributed by atoms with Gasteiger partial charge in [0.1, 0.15) is 4.88 Å². The number of carbonyl (C=O) groups is 1. The number of thiophene rings is 1. The Hall–Kier alpha value is -1.33. The van der Waals surface area contributed by atoms with Gasteiger partial charge in [-0.3, -0.25) is 10.3 Å². The molecular weight excluding hydrogens is 214 g/mol. The highest BCUT2D eigenvalue weighted by Gasteiger charge is 2.04. The molecular formula is C10H13NO3S. The molecule has 0 fully saturated rings. The summed E-state index contributed by atoms with van der Waals surface area (Å²) in [5, 5.41) is 8.69. The van der Waals surface area contributed by atoms with Crippen LogP contribution in [0.4, 0.5) is 0 Å². The lowest BCUT2D eigenvalue weighted by Gasteiger charge is -2.03. The minimum Gasteiger partial charge on any atom is -0.477 e. The van der Waals surface area contributed by atoms with Gasteiger partial charge in [0.2, 0.25) is 0 Å². The van der Waals surface area contributed by atoms with E-state index in [-0.39, 0.29) is 6.10 Å². The summed E-state index contributed by atoms with van der Waals surface area (Å²) in [5.74, 6) is -0.897. The first kappa shape index (κ1) is 11.7. The molecule has 15 heavy (non-hydrogen) atoms. The molecule has 0 aliphatic carbocycles. The van der Waals surface area contributed by atoms with Crippen molar-refractivity contribution in [2.45, 2.75) is 20.0 Å². The predicted octanol–water partition coefficient (Wildman–Crippen LogP) is 2.35. The van der Waals surface area contributed by atoms with Crippen molar-refractivity contribution in [1.29, 1.82) is 0 Å². The van der Waals surface area contributed by atoms with E-state index >= 15 is 0 Å². The molecule has 1 aromatic heterocycles. The predicted molar refractivity (Wildman–Crippen MR) is 59.7 cm³/mol. The average molecular weight is 227 g/mol. The van der Waals surface area contributed by atoms with Crippen LogP contribution in [0.5, 0.6) is 0 Å². The van der Waals surface area contributed by atoms with Crippen molar-refractivity contribution in [2.75, 3.05) is 0 Å². The first-order valence-corrected chi connectivity index (χ1v) is 5.32. The monoisotopic (exact) mass is 227 g/mol. The Kier molecular flexibility index (Phi) is 4.33. The molecule has 0 spiro atoms. The van der Waals surface area contributed by atoms with E-state index in [9.17, 15) is 4.79 Å². The molecule has 0 aromatic carbocycles. The molecule has 4 nitrogen and oxygen atoms in total. The third kappa shape index (κ3) is 4.14. The van der Waals surface area contributed by atoms with Gasteiger partial charge in [-0.2, -0.15) is 0 Å². The van der Waals surface area contributed by atoms with Crippen molar-refractivity contribution in [3.63, 3.8) is 0 Å². The molecule has 0 atom stereocenters. The van der Waals surface area contributed by atoms with Crippen LogP contribution in [-0.4, -0.2) is 17.2 Å². The van der Waals surface area contributed by atoms with Crippen LogP contribution >= 0.6 is 11.3 Å². The van der Waals surface area contributed by atoms with Gasteiger partial charge < -0.3 is 5.11 Å². The minimum absolute atomic E-state index is 0.104. The van der Waals surface area contributed by atoms with Crippen LogP contribution in [0.3, 0.4) is 0 Å². The first-order chi connectivity index (χ1) is 7.09. The molecule has 5 heteroatoms. The molecule has 1 aromatic rings. The second-order valence-electron chi connectivity index (χ2n) is 3.12. The lowest BCUT2D eigenvalue weighted by atomic mass is 10.4. The molecule has 0 bridgehead atoms. The SMILES string of the molecule is CC(C)ONC=Cc1ccc(C(=O)O)s1. The standard InChI is InChI=1S/C10H13NO3S/c1-7(2)14-11-6-5-8-3-4-9(15-8)10(12)13/h3-7,11H,1-2H3,(H,12,13). The molecule has 0 aliphatic rings. The van der Waals surface area contributed by atoms with E-state index in [1.165, 1.54) is 11.3 Å². The maximum atomic E-state index is 10.6. The summed E-state index contributed by atoms with van der Waals surface area (Å²) in [4.78, 5) is 16.8. The van der Waals surface area contributed by atoms with Gasteiger partial charge in [0.05, 0.1) is 6.10 Å². The number of hydrogen-bond acceptors (Lipinski definition) is 4. The van der Waals surface area contributed by atoms with Crippen molar-refractivity contribution in [1.82, 2.24) is 5.48 Å². The third-order valence-corrected chi connectivity index (χ3v) is 2.50. The topological polar surface area (TPSA) is 58.6 Å². The molecule has 82 valence electrons. The molecule has 0 unspecified atom stereocenters. The van der Waals surface area contributed by atoms with Crippen LogP contribution in [0.2, 0.25) is 0 Å². The number of hydrogen-bond donors (Lipinski definition) is 2. The van der Waals surface area contributed by atoms with Crippen LogP contribution in [0.15, 0.2) is 18.3 Å². The Morgan fingerprint density at radius 1 is 1.60 bits per heavy atom. The molecule has 0 radical (unpaired) electrons. The highest BCUT2D eigenvalue weighted by atomic mass is 32.1. The average Bonchev–Trinajstić information content (AvgIpc) is 2.60. The highest BCUT2D eigenvalue weighted by Crippen LogP contribution is 2.17. The van der Waals surface area contributed by atoms with E-state index in [4.69, 9.17) is 9.94 Å². The molecule has 0 saturated heterocycles. The zero-order valence-corrected chi connectivity index (χ0v) is 9.38. The van der Waals surface area contributed by atoms with Crippen LogP contribution in [0, 0.1) is 0 Å². The van der Waals surface area contributed by atoms with Crippen molar-refractivity contribution in [3.05, 3.63) is 28.1 Å². The number of aromatic carboxylic acids is 1. The second-order valence-corrected chi connectivity index (χ2v) is 4.24.